The number of benzene rings is 2. The van der Waals surface area contributed by atoms with E-state index in [2.05, 4.69) is 39.5 Å². The molecule has 0 amide bonds. The largest absolute Gasteiger partial charge is 0.416 e. The molecule has 1 fully saturated rings. The van der Waals surface area contributed by atoms with E-state index in [4.69, 9.17) is 5.41 Å². The van der Waals surface area contributed by atoms with Crippen molar-refractivity contribution in [3.05, 3.63) is 94.1 Å². The normalized spacial score (nSPS) is 13.8. The molecule has 0 aliphatic carbocycles. The van der Waals surface area contributed by atoms with Gasteiger partial charge in [0.15, 0.2) is 0 Å². The summed E-state index contributed by atoms with van der Waals surface area (Å²) in [5, 5.41) is 14.6. The van der Waals surface area contributed by atoms with Crippen LogP contribution in [0, 0.1) is 24.2 Å². The maximum Gasteiger partial charge on any atom is 0.416 e. The van der Waals surface area contributed by atoms with Gasteiger partial charge in [-0.3, -0.25) is 15.1 Å². The number of nitrogens with zero attached hydrogens (tertiary/aromatic N) is 4. The Bertz CT molecular complexity index is 1510. The van der Waals surface area contributed by atoms with E-state index in [-0.39, 0.29) is 17.6 Å². The first-order valence-corrected chi connectivity index (χ1v) is 12.9. The van der Waals surface area contributed by atoms with Gasteiger partial charge in [-0.05, 0) is 74.0 Å². The molecule has 3 aromatic rings. The lowest BCUT2D eigenvalue weighted by atomic mass is 10.0. The second kappa shape index (κ2) is 13.9. The summed E-state index contributed by atoms with van der Waals surface area (Å²) in [6.07, 6.45) is -4.06. The highest BCUT2D eigenvalue weighted by molar-refractivity contribution is 5.76. The monoisotopic (exact) mass is 565 g/mol. The third-order valence-corrected chi connectivity index (χ3v) is 6.57. The first kappa shape index (κ1) is 31.3. The Hall–Kier alpha value is -4.24. The molecule has 1 aromatic heterocycles. The van der Waals surface area contributed by atoms with Crippen molar-refractivity contribution in [1.82, 2.24) is 19.6 Å². The molecule has 4 N–H and O–H groups in total. The maximum atomic E-state index is 14.0. The third-order valence-electron chi connectivity index (χ3n) is 6.57. The summed E-state index contributed by atoms with van der Waals surface area (Å²) in [7, 11) is 3.51. The number of aromatic nitrogens is 2. The second-order valence-corrected chi connectivity index (χ2v) is 9.49. The zero-order chi connectivity index (χ0) is 30.2. The van der Waals surface area contributed by atoms with Gasteiger partial charge in [-0.2, -0.15) is 23.0 Å². The van der Waals surface area contributed by atoms with Crippen molar-refractivity contribution in [2.45, 2.75) is 19.6 Å². The van der Waals surface area contributed by atoms with E-state index >= 15 is 0 Å². The highest BCUT2D eigenvalue weighted by Crippen LogP contribution is 2.35. The fourth-order valence-electron chi connectivity index (χ4n) is 4.21. The lowest BCUT2D eigenvalue weighted by Crippen LogP contribution is -2.44. The molecule has 0 bridgehead atoms. The van der Waals surface area contributed by atoms with Crippen LogP contribution in [0.3, 0.4) is 0 Å². The fourth-order valence-corrected chi connectivity index (χ4v) is 4.21. The third kappa shape index (κ3) is 8.38. The minimum Gasteiger partial charge on any atom is -0.356 e. The number of carbonyl (C=O) groups is 1. The Morgan fingerprint density at radius 1 is 1.10 bits per heavy atom. The molecule has 11 heteroatoms. The summed E-state index contributed by atoms with van der Waals surface area (Å²) in [5.41, 5.74) is 7.28. The van der Waals surface area contributed by atoms with E-state index in [0.29, 0.717) is 34.6 Å². The number of carbonyl (C=O) groups excluding carboxylic acids is 1. The Labute approximate surface area is 237 Å². The van der Waals surface area contributed by atoms with Gasteiger partial charge >= 0.3 is 6.18 Å². The van der Waals surface area contributed by atoms with Gasteiger partial charge in [0.2, 0.25) is 6.41 Å². The summed E-state index contributed by atoms with van der Waals surface area (Å²) in [6, 6.07) is 12.7. The second-order valence-electron chi connectivity index (χ2n) is 9.49. The van der Waals surface area contributed by atoms with Gasteiger partial charge in [0.05, 0.1) is 5.56 Å². The number of alkyl halides is 3. The summed E-state index contributed by atoms with van der Waals surface area (Å²) in [6.45, 7) is 9.27. The van der Waals surface area contributed by atoms with Crippen molar-refractivity contribution in [2.75, 3.05) is 45.6 Å². The highest BCUT2D eigenvalue weighted by atomic mass is 19.4. The van der Waals surface area contributed by atoms with Crippen molar-refractivity contribution >= 4 is 17.8 Å². The van der Waals surface area contributed by atoms with E-state index < -0.39 is 11.7 Å². The molecule has 8 nitrogen and oxygen atoms in total. The van der Waals surface area contributed by atoms with Gasteiger partial charge in [-0.15, -0.1) is 0 Å². The molecule has 2 aromatic carbocycles. The average molecular weight is 566 g/mol. The molecule has 0 saturated carbocycles. The maximum absolute atomic E-state index is 14.0. The minimum absolute atomic E-state index is 0.0582. The predicted octanol–water partition coefficient (Wildman–Crippen LogP) is 3.53. The van der Waals surface area contributed by atoms with Gasteiger partial charge < -0.3 is 16.0 Å². The number of rotatable bonds is 6. The van der Waals surface area contributed by atoms with Crippen LogP contribution in [0.1, 0.15) is 33.5 Å². The molecule has 41 heavy (non-hydrogen) atoms. The molecular weight excluding hydrogens is 531 g/mol. The van der Waals surface area contributed by atoms with Crippen molar-refractivity contribution < 1.29 is 18.0 Å². The zero-order valence-corrected chi connectivity index (χ0v) is 23.3. The van der Waals surface area contributed by atoms with E-state index in [9.17, 15) is 18.0 Å². The Balaban J connectivity index is 0.00000226. The summed E-state index contributed by atoms with van der Waals surface area (Å²) in [5.74, 6) is 5.89. The number of anilines is 1. The number of halogens is 3. The van der Waals surface area contributed by atoms with E-state index in [1.165, 1.54) is 19.2 Å². The molecular formula is C30H34F3N7O. The summed E-state index contributed by atoms with van der Waals surface area (Å²) < 4.78 is 42.8. The molecule has 0 atom stereocenters. The van der Waals surface area contributed by atoms with Crippen molar-refractivity contribution in [3.63, 3.8) is 0 Å². The van der Waals surface area contributed by atoms with Gasteiger partial charge in [0.1, 0.15) is 11.2 Å². The Morgan fingerprint density at radius 3 is 2.46 bits per heavy atom. The van der Waals surface area contributed by atoms with Gasteiger partial charge in [0.25, 0.3) is 0 Å². The molecule has 216 valence electrons. The van der Waals surface area contributed by atoms with Crippen LogP contribution in [-0.2, 0) is 17.5 Å². The topological polar surface area (TPSA) is 103 Å². The van der Waals surface area contributed by atoms with E-state index in [1.807, 2.05) is 31.0 Å². The van der Waals surface area contributed by atoms with Crippen molar-refractivity contribution in [1.29, 1.82) is 5.41 Å². The SMILES string of the molecule is C=C(Nc1ccc(CN2CCN(C)CC2)c(C(F)(F)F)c1)c1ccc(C)c(C#Cc2ccc(=N)n(C=O)n2)c1.CN. The van der Waals surface area contributed by atoms with Crippen LogP contribution in [0.25, 0.3) is 5.70 Å². The average Bonchev–Trinajstić information content (AvgIpc) is 2.95. The first-order valence-electron chi connectivity index (χ1n) is 12.9. The molecule has 0 radical (unpaired) electrons. The quantitative estimate of drug-likeness (QED) is 0.312. The number of nitrogens with one attached hydrogen (secondary N) is 2. The van der Waals surface area contributed by atoms with Crippen LogP contribution in [0.4, 0.5) is 18.9 Å². The predicted molar refractivity (Wildman–Crippen MR) is 154 cm³/mol. The molecule has 1 aliphatic rings. The van der Waals surface area contributed by atoms with Crippen molar-refractivity contribution in [3.8, 4) is 11.8 Å². The van der Waals surface area contributed by atoms with Crippen LogP contribution in [-0.4, -0.2) is 66.3 Å². The molecule has 1 aliphatic heterocycles. The van der Waals surface area contributed by atoms with E-state index in [1.54, 1.807) is 18.2 Å². The van der Waals surface area contributed by atoms with Gasteiger partial charge in [-0.1, -0.05) is 30.7 Å². The van der Waals surface area contributed by atoms with Crippen LogP contribution < -0.4 is 16.5 Å². The van der Waals surface area contributed by atoms with Gasteiger partial charge in [-0.25, -0.2) is 0 Å². The van der Waals surface area contributed by atoms with Crippen LogP contribution in [0.2, 0.25) is 0 Å². The molecule has 4 rings (SSSR count). The minimum atomic E-state index is -4.48. The smallest absolute Gasteiger partial charge is 0.356 e. The first-order chi connectivity index (χ1) is 19.5. The molecule has 0 spiro atoms. The molecule has 2 heterocycles. The number of likely N-dealkylation sites (N-methyl/N-ethyl adjacent to an activating group) is 1. The zero-order valence-electron chi connectivity index (χ0n) is 23.3. The molecule has 0 unspecified atom stereocenters. The van der Waals surface area contributed by atoms with Gasteiger partial charge in [0, 0.05) is 49.7 Å². The number of hydrogen-bond acceptors (Lipinski definition) is 7. The number of aryl methyl sites for hydroxylation is 1. The molecule has 1 saturated heterocycles. The number of piperazine rings is 1. The number of nitrogens with two attached hydrogens (primary N) is 1. The van der Waals surface area contributed by atoms with Crippen LogP contribution in [0.5, 0.6) is 0 Å². The number of hydrogen-bond donors (Lipinski definition) is 3. The van der Waals surface area contributed by atoms with Crippen molar-refractivity contribution in [2.24, 2.45) is 5.73 Å². The summed E-state index contributed by atoms with van der Waals surface area (Å²) in [4.78, 5) is 15.2. The highest BCUT2D eigenvalue weighted by Gasteiger charge is 2.34. The standard InChI is InChI=1S/C29H29F3N6O.CH5N/c1-20-4-5-23(16-22(20)6-8-25-10-11-28(33)38(19-39)35-25)21(2)34-26-9-7-24(27(17-26)29(30,31)32)18-37-14-12-36(3)13-15-37;1-2/h4-5,7,9-11,16-17,19,33-34H,2,12-15,18H2,1,3H3;2H2,1H3. The Morgan fingerprint density at radius 2 is 1.80 bits per heavy atom. The summed E-state index contributed by atoms with van der Waals surface area (Å²) >= 11 is 0. The lowest BCUT2D eigenvalue weighted by Gasteiger charge is -2.33. The van der Waals surface area contributed by atoms with E-state index in [0.717, 1.165) is 42.5 Å². The fraction of sp³-hybridized carbons (Fsp3) is 0.300. The van der Waals surface area contributed by atoms with Crippen LogP contribution >= 0.6 is 0 Å². The lowest BCUT2D eigenvalue weighted by molar-refractivity contribution is -0.138. The Kier molecular flexibility index (Phi) is 10.6. The van der Waals surface area contributed by atoms with Crippen LogP contribution in [0.15, 0.2) is 55.1 Å².